The van der Waals surface area contributed by atoms with Gasteiger partial charge in [0.2, 0.25) is 0 Å². The number of halogens is 2. The number of benzene rings is 2. The van der Waals surface area contributed by atoms with Gasteiger partial charge in [0.1, 0.15) is 0 Å². The third-order valence-electron chi connectivity index (χ3n) is 13.2. The van der Waals surface area contributed by atoms with Crippen LogP contribution in [0.3, 0.4) is 0 Å². The van der Waals surface area contributed by atoms with Gasteiger partial charge in [-0.3, -0.25) is 0 Å². The molecule has 324 valence electrons. The monoisotopic (exact) mass is 1210 g/mol. The molecule has 6 heteroatoms. The summed E-state index contributed by atoms with van der Waals surface area (Å²) in [6, 6.07) is 23.0. The predicted molar refractivity (Wildman–Crippen MR) is 269 cm³/mol. The first-order valence-corrected chi connectivity index (χ1v) is 43.9. The summed E-state index contributed by atoms with van der Waals surface area (Å²) in [5.74, 6) is 0. The number of allylic oxidation sites excluding steroid dienone is 16. The minimum Gasteiger partial charge on any atom is -0.147 e. The van der Waals surface area contributed by atoms with E-state index in [-0.39, 0.29) is 46.5 Å². The summed E-state index contributed by atoms with van der Waals surface area (Å²) in [7, 11) is 0. The Balaban J connectivity index is 0.000000310. The van der Waals surface area contributed by atoms with Crippen LogP contribution in [0.25, 0.3) is 0 Å². The minimum absolute atomic E-state index is 0. The van der Waals surface area contributed by atoms with Crippen molar-refractivity contribution in [2.75, 3.05) is 0 Å². The van der Waals surface area contributed by atoms with Crippen LogP contribution in [0, 0.1) is 21.7 Å². The molecule has 4 aliphatic carbocycles. The minimum atomic E-state index is -2.21. The fourth-order valence-electron chi connectivity index (χ4n) is 8.92. The molecule has 0 saturated carbocycles. The van der Waals surface area contributed by atoms with Crippen LogP contribution < -0.4 is 10.4 Å². The second-order valence-corrected chi connectivity index (χ2v) is 63.8. The van der Waals surface area contributed by atoms with E-state index in [1.807, 2.05) is 13.3 Å². The third kappa shape index (κ3) is 12.7. The Morgan fingerprint density at radius 3 is 0.733 bits per heavy atom. The molecule has 0 amide bonds. The molecule has 2 aromatic rings. The van der Waals surface area contributed by atoms with Crippen molar-refractivity contribution >= 4 is 46.2 Å². The summed E-state index contributed by atoms with van der Waals surface area (Å²) in [5.41, 5.74) is 13.1. The quantitative estimate of drug-likeness (QED) is 0.253. The van der Waals surface area contributed by atoms with Crippen LogP contribution >= 0.6 is 24.8 Å². The molecular formula is C54H78Cl2Hf2Si2. The Labute approximate surface area is 396 Å². The van der Waals surface area contributed by atoms with Crippen molar-refractivity contribution in [2.45, 2.75) is 150 Å². The van der Waals surface area contributed by atoms with Crippen LogP contribution in [0.4, 0.5) is 0 Å². The maximum atomic E-state index is 2.63. The van der Waals surface area contributed by atoms with Gasteiger partial charge in [-0.05, 0) is 0 Å². The Morgan fingerprint density at radius 1 is 0.367 bits per heavy atom. The predicted octanol–water partition coefficient (Wildman–Crippen LogP) is 15.7. The Morgan fingerprint density at radius 2 is 0.567 bits per heavy atom. The van der Waals surface area contributed by atoms with E-state index >= 15 is 0 Å². The largest absolute Gasteiger partial charge is 0.147 e. The van der Waals surface area contributed by atoms with E-state index < -0.39 is 51.1 Å². The average molecular weight is 1210 g/mol. The maximum Gasteiger partial charge on any atom is -0.147 e. The SMILES string of the molecule is CC1=[C]([Hf]([C]2=C(C)C=C(C(C)(C)C)C2)=[Si](C)c2ccccc2)CC(C(C)(C)C)=C1.CC1=[C]([Hf]([C]2=C(C)C=C(C(C)(C)C)C2)=[Si](C)c2ccccc2)CC(C(C)(C)C)=C1.Cl.Cl. The average Bonchev–Trinajstić information content (AvgIpc) is 3.92. The molecule has 4 aliphatic rings. The van der Waals surface area contributed by atoms with Gasteiger partial charge < -0.3 is 0 Å². The van der Waals surface area contributed by atoms with E-state index in [4.69, 9.17) is 0 Å². The van der Waals surface area contributed by atoms with E-state index in [0.29, 0.717) is 0 Å². The van der Waals surface area contributed by atoms with Crippen LogP contribution in [-0.2, 0) is 40.1 Å². The van der Waals surface area contributed by atoms with Crippen LogP contribution in [-0.4, -0.2) is 11.0 Å². The smallest absolute Gasteiger partial charge is 0.147 e. The van der Waals surface area contributed by atoms with Crippen LogP contribution in [0.2, 0.25) is 13.1 Å². The molecule has 0 nitrogen and oxygen atoms in total. The molecule has 6 rings (SSSR count). The second kappa shape index (κ2) is 21.0. The molecule has 0 heterocycles. The van der Waals surface area contributed by atoms with Crippen molar-refractivity contribution in [1.29, 1.82) is 0 Å². The number of hydrogen-bond acceptors (Lipinski definition) is 0. The molecule has 0 aromatic heterocycles. The van der Waals surface area contributed by atoms with Crippen molar-refractivity contribution in [1.82, 2.24) is 0 Å². The molecule has 0 unspecified atom stereocenters. The number of hydrogen-bond donors (Lipinski definition) is 0. The molecule has 0 spiro atoms. The van der Waals surface area contributed by atoms with Gasteiger partial charge in [-0.25, -0.2) is 0 Å². The first-order valence-electron chi connectivity index (χ1n) is 22.0. The standard InChI is InChI=1S/4C10H15.2C7H8Si.2ClH.2Hf/c4*1-8-5-6-9(7-8)10(2,3)4;2*1-8-7-5-3-2-4-6-7;;;;/h4*7H,6H2,1-4H3;2*2-6H,1H3;2*1H;;. The van der Waals surface area contributed by atoms with Crippen molar-refractivity contribution in [3.63, 3.8) is 0 Å². The van der Waals surface area contributed by atoms with Gasteiger partial charge >= 0.3 is 376 Å². The van der Waals surface area contributed by atoms with E-state index in [1.165, 1.54) is 25.7 Å². The third-order valence-corrected chi connectivity index (χ3v) is 66.2. The van der Waals surface area contributed by atoms with Gasteiger partial charge in [-0.15, -0.1) is 24.8 Å². The molecule has 0 fully saturated rings. The molecule has 0 N–H and O–H groups in total. The van der Waals surface area contributed by atoms with Crippen LogP contribution in [0.5, 0.6) is 0 Å². The summed E-state index contributed by atoms with van der Waals surface area (Å²) < 4.78 is 7.60. The molecule has 0 bridgehead atoms. The summed E-state index contributed by atoms with van der Waals surface area (Å²) in [4.78, 5) is 0. The first kappa shape index (κ1) is 53.5. The van der Waals surface area contributed by atoms with Crippen molar-refractivity contribution < 1.29 is 40.1 Å². The molecule has 0 radical (unpaired) electrons. The van der Waals surface area contributed by atoms with Gasteiger partial charge in [0, 0.05) is 0 Å². The van der Waals surface area contributed by atoms with Crippen LogP contribution in [0.15, 0.2) is 143 Å². The molecule has 0 atom stereocenters. The molecular weight excluding hydrogens is 1130 g/mol. The summed E-state index contributed by atoms with van der Waals surface area (Å²) in [5, 5.41) is 3.29. The first-order chi connectivity index (χ1) is 26.8. The zero-order chi connectivity index (χ0) is 43.1. The number of rotatable bonds is 6. The van der Waals surface area contributed by atoms with E-state index in [0.717, 1.165) is 0 Å². The van der Waals surface area contributed by atoms with E-state index in [9.17, 15) is 0 Å². The summed E-state index contributed by atoms with van der Waals surface area (Å²) in [6.07, 6.45) is 15.2. The molecule has 2 aromatic carbocycles. The maximum absolute atomic E-state index is 2.63. The van der Waals surface area contributed by atoms with Crippen molar-refractivity contribution in [2.24, 2.45) is 21.7 Å². The molecule has 0 aliphatic heterocycles. The van der Waals surface area contributed by atoms with E-state index in [1.54, 1.807) is 55.0 Å². The zero-order valence-electron chi connectivity index (χ0n) is 40.7. The van der Waals surface area contributed by atoms with E-state index in [2.05, 4.69) is 209 Å². The fourth-order valence-corrected chi connectivity index (χ4v) is 66.0. The summed E-state index contributed by atoms with van der Waals surface area (Å²) >= 11 is -4.42. The van der Waals surface area contributed by atoms with Gasteiger partial charge in [-0.2, -0.15) is 0 Å². The van der Waals surface area contributed by atoms with Crippen molar-refractivity contribution in [3.05, 3.63) is 143 Å². The van der Waals surface area contributed by atoms with Crippen molar-refractivity contribution in [3.8, 4) is 0 Å². The van der Waals surface area contributed by atoms with Gasteiger partial charge in [-0.1, -0.05) is 0 Å². The van der Waals surface area contributed by atoms with Crippen LogP contribution in [0.1, 0.15) is 136 Å². The second-order valence-electron chi connectivity index (χ2n) is 21.8. The molecule has 0 saturated heterocycles. The molecule has 60 heavy (non-hydrogen) atoms. The fraction of sp³-hybridized carbons (Fsp3) is 0.481. The van der Waals surface area contributed by atoms with Gasteiger partial charge in [0.25, 0.3) is 0 Å². The topological polar surface area (TPSA) is 0 Å². The van der Waals surface area contributed by atoms with Gasteiger partial charge in [0.15, 0.2) is 0 Å². The Kier molecular flexibility index (Phi) is 18.7. The summed E-state index contributed by atoms with van der Waals surface area (Å²) in [6.45, 7) is 43.5. The zero-order valence-corrected chi connectivity index (χ0v) is 51.5. The Hall–Kier alpha value is -0.886. The Bertz CT molecular complexity index is 2000. The van der Waals surface area contributed by atoms with Gasteiger partial charge in [0.05, 0.1) is 0 Å². The normalized spacial score (nSPS) is 17.1.